The highest BCUT2D eigenvalue weighted by molar-refractivity contribution is 6.22. The van der Waals surface area contributed by atoms with Crippen molar-refractivity contribution in [2.75, 3.05) is 11.5 Å². The van der Waals surface area contributed by atoms with Crippen LogP contribution in [0.5, 0.6) is 5.75 Å². The molecule has 0 radical (unpaired) electrons. The van der Waals surface area contributed by atoms with E-state index in [4.69, 9.17) is 4.74 Å². The summed E-state index contributed by atoms with van der Waals surface area (Å²) in [5, 5.41) is 0. The third-order valence-electron chi connectivity index (χ3n) is 6.03. The number of carbonyl (C=O) groups excluding carboxylic acids is 3. The van der Waals surface area contributed by atoms with Crippen LogP contribution in [0.2, 0.25) is 0 Å². The van der Waals surface area contributed by atoms with Crippen molar-refractivity contribution in [1.82, 2.24) is 0 Å². The second kappa shape index (κ2) is 6.44. The molecule has 1 saturated heterocycles. The number of allylic oxidation sites excluding steroid dienone is 2. The highest BCUT2D eigenvalue weighted by atomic mass is 16.5. The number of rotatable bonds is 5. The zero-order chi connectivity index (χ0) is 19.3. The van der Waals surface area contributed by atoms with Gasteiger partial charge in [-0.1, -0.05) is 42.5 Å². The minimum absolute atomic E-state index is 0.0654. The maximum Gasteiger partial charge on any atom is 0.238 e. The quantitative estimate of drug-likeness (QED) is 0.458. The van der Waals surface area contributed by atoms with Gasteiger partial charge in [0.05, 0.1) is 17.5 Å². The number of anilines is 1. The van der Waals surface area contributed by atoms with Crippen LogP contribution in [-0.4, -0.2) is 24.2 Å². The molecule has 1 heterocycles. The molecule has 0 unspecified atom stereocenters. The molecule has 0 N–H and O–H groups in total. The van der Waals surface area contributed by atoms with E-state index in [-0.39, 0.29) is 47.9 Å². The van der Waals surface area contributed by atoms with Gasteiger partial charge in [-0.3, -0.25) is 19.3 Å². The van der Waals surface area contributed by atoms with Gasteiger partial charge in [0.1, 0.15) is 5.75 Å². The van der Waals surface area contributed by atoms with Crippen molar-refractivity contribution >= 4 is 23.3 Å². The largest absolute Gasteiger partial charge is 0.485 e. The van der Waals surface area contributed by atoms with Crippen LogP contribution in [0.4, 0.5) is 5.69 Å². The van der Waals surface area contributed by atoms with E-state index in [1.165, 1.54) is 4.90 Å². The number of Topliss-reactive ketones (excluding diaryl/α,β-unsaturated/α-hetero) is 1. The summed E-state index contributed by atoms with van der Waals surface area (Å²) in [7, 11) is 0. The lowest BCUT2D eigenvalue weighted by atomic mass is 9.85. The monoisotopic (exact) mass is 373 g/mol. The first-order valence-corrected chi connectivity index (χ1v) is 9.51. The molecule has 2 bridgehead atoms. The van der Waals surface area contributed by atoms with Gasteiger partial charge in [0.2, 0.25) is 11.8 Å². The molecule has 3 aliphatic rings. The number of imide groups is 1. The molecule has 4 atom stereocenters. The van der Waals surface area contributed by atoms with Crippen LogP contribution in [0.3, 0.4) is 0 Å². The van der Waals surface area contributed by atoms with Crippen LogP contribution < -0.4 is 9.64 Å². The SMILES string of the molecule is O=C(COc1ccc(N2C(=O)[C@@H]3[C@@H](C2=O)[C@H]2C=C[C@@H]3C2)cc1)c1ccccc1. The fourth-order valence-corrected chi connectivity index (χ4v) is 4.70. The number of ketones is 1. The summed E-state index contributed by atoms with van der Waals surface area (Å²) in [4.78, 5) is 39.1. The summed E-state index contributed by atoms with van der Waals surface area (Å²) in [5.41, 5.74) is 1.16. The molecule has 1 aliphatic heterocycles. The Balaban J connectivity index is 1.28. The fourth-order valence-electron chi connectivity index (χ4n) is 4.70. The number of benzene rings is 2. The fraction of sp³-hybridized carbons (Fsp3) is 0.261. The van der Waals surface area contributed by atoms with Gasteiger partial charge in [-0.25, -0.2) is 0 Å². The lowest BCUT2D eigenvalue weighted by molar-refractivity contribution is -0.123. The van der Waals surface area contributed by atoms with Crippen LogP contribution >= 0.6 is 0 Å². The maximum atomic E-state index is 12.8. The van der Waals surface area contributed by atoms with Crippen LogP contribution in [0.1, 0.15) is 16.8 Å². The molecule has 2 aliphatic carbocycles. The van der Waals surface area contributed by atoms with Crippen molar-refractivity contribution in [2.45, 2.75) is 6.42 Å². The Kier molecular flexibility index (Phi) is 3.90. The standard InChI is InChI=1S/C23H19NO4/c25-19(14-4-2-1-3-5-14)13-28-18-10-8-17(9-11-18)24-22(26)20-15-6-7-16(12-15)21(20)23(24)27/h1-11,15-16,20-21H,12-13H2/t15-,16+,20-,21-/m0/s1. The Hall–Kier alpha value is -3.21. The molecular formula is C23H19NO4. The van der Waals surface area contributed by atoms with Gasteiger partial charge < -0.3 is 4.74 Å². The van der Waals surface area contributed by atoms with Gasteiger partial charge in [-0.2, -0.15) is 0 Å². The summed E-state index contributed by atoms with van der Waals surface area (Å²) in [5.74, 6) is 0.203. The average Bonchev–Trinajstić information content (AvgIpc) is 3.41. The van der Waals surface area contributed by atoms with Crippen LogP contribution in [0.15, 0.2) is 66.7 Å². The Morgan fingerprint density at radius 3 is 2.11 bits per heavy atom. The molecule has 0 spiro atoms. The molecule has 140 valence electrons. The smallest absolute Gasteiger partial charge is 0.238 e. The van der Waals surface area contributed by atoms with Crippen molar-refractivity contribution in [3.05, 3.63) is 72.3 Å². The Labute approximate surface area is 162 Å². The van der Waals surface area contributed by atoms with E-state index in [0.717, 1.165) is 6.42 Å². The summed E-state index contributed by atoms with van der Waals surface area (Å²) in [6.45, 7) is -0.0654. The molecule has 2 aromatic carbocycles. The number of fused-ring (bicyclic) bond motifs is 5. The minimum Gasteiger partial charge on any atom is -0.485 e. The molecule has 2 amide bonds. The van der Waals surface area contributed by atoms with Crippen molar-refractivity contribution in [3.63, 3.8) is 0 Å². The van der Waals surface area contributed by atoms with E-state index < -0.39 is 0 Å². The van der Waals surface area contributed by atoms with Crippen molar-refractivity contribution in [3.8, 4) is 5.75 Å². The summed E-state index contributed by atoms with van der Waals surface area (Å²) >= 11 is 0. The number of ether oxygens (including phenoxy) is 1. The third kappa shape index (κ3) is 2.58. The molecule has 0 aromatic heterocycles. The van der Waals surface area contributed by atoms with Crippen molar-refractivity contribution in [2.24, 2.45) is 23.7 Å². The Morgan fingerprint density at radius 1 is 0.893 bits per heavy atom. The van der Waals surface area contributed by atoms with E-state index in [1.807, 2.05) is 18.2 Å². The molecule has 5 rings (SSSR count). The second-order valence-electron chi connectivity index (χ2n) is 7.58. The lowest BCUT2D eigenvalue weighted by Crippen LogP contribution is -2.32. The highest BCUT2D eigenvalue weighted by Gasteiger charge is 2.59. The van der Waals surface area contributed by atoms with E-state index in [1.54, 1.807) is 36.4 Å². The number of hydrogen-bond acceptors (Lipinski definition) is 4. The Bertz CT molecular complexity index is 949. The summed E-state index contributed by atoms with van der Waals surface area (Å²) in [6.07, 6.45) is 5.09. The molecule has 5 nitrogen and oxygen atoms in total. The predicted octanol–water partition coefficient (Wildman–Crippen LogP) is 3.26. The predicted molar refractivity (Wildman–Crippen MR) is 103 cm³/mol. The van der Waals surface area contributed by atoms with Gasteiger partial charge in [-0.05, 0) is 42.5 Å². The van der Waals surface area contributed by atoms with Crippen LogP contribution in [0, 0.1) is 23.7 Å². The van der Waals surface area contributed by atoms with Gasteiger partial charge in [-0.15, -0.1) is 0 Å². The van der Waals surface area contributed by atoms with E-state index in [2.05, 4.69) is 12.2 Å². The zero-order valence-corrected chi connectivity index (χ0v) is 15.2. The molecular weight excluding hydrogens is 354 g/mol. The van der Waals surface area contributed by atoms with Gasteiger partial charge in [0.25, 0.3) is 0 Å². The van der Waals surface area contributed by atoms with Gasteiger partial charge >= 0.3 is 0 Å². The van der Waals surface area contributed by atoms with Crippen LogP contribution in [0.25, 0.3) is 0 Å². The first-order valence-electron chi connectivity index (χ1n) is 9.51. The third-order valence-corrected chi connectivity index (χ3v) is 6.03. The summed E-state index contributed by atoms with van der Waals surface area (Å²) < 4.78 is 5.56. The normalized spacial score (nSPS) is 27.4. The first-order chi connectivity index (χ1) is 13.6. The van der Waals surface area contributed by atoms with Crippen molar-refractivity contribution in [1.29, 1.82) is 0 Å². The first kappa shape index (κ1) is 16.9. The number of amides is 2. The van der Waals surface area contributed by atoms with E-state index in [0.29, 0.717) is 17.0 Å². The van der Waals surface area contributed by atoms with E-state index in [9.17, 15) is 14.4 Å². The van der Waals surface area contributed by atoms with Crippen molar-refractivity contribution < 1.29 is 19.1 Å². The second-order valence-corrected chi connectivity index (χ2v) is 7.58. The Morgan fingerprint density at radius 2 is 1.50 bits per heavy atom. The number of hydrogen-bond donors (Lipinski definition) is 0. The molecule has 1 saturated carbocycles. The number of nitrogens with zero attached hydrogens (tertiary/aromatic N) is 1. The topological polar surface area (TPSA) is 63.7 Å². The molecule has 5 heteroatoms. The average molecular weight is 373 g/mol. The highest BCUT2D eigenvalue weighted by Crippen LogP contribution is 2.53. The minimum atomic E-state index is -0.207. The zero-order valence-electron chi connectivity index (χ0n) is 15.2. The van der Waals surface area contributed by atoms with Crippen LogP contribution in [-0.2, 0) is 9.59 Å². The summed E-state index contributed by atoms with van der Waals surface area (Å²) in [6, 6.07) is 15.8. The molecule has 2 fully saturated rings. The number of carbonyl (C=O) groups is 3. The van der Waals surface area contributed by atoms with E-state index >= 15 is 0 Å². The molecule has 28 heavy (non-hydrogen) atoms. The van der Waals surface area contributed by atoms with Gasteiger partial charge in [0.15, 0.2) is 12.4 Å². The lowest BCUT2D eigenvalue weighted by Gasteiger charge is -2.17. The maximum absolute atomic E-state index is 12.8. The van der Waals surface area contributed by atoms with Gasteiger partial charge in [0, 0.05) is 5.56 Å². The molecule has 2 aromatic rings.